The molecule has 0 spiro atoms. The summed E-state index contributed by atoms with van der Waals surface area (Å²) in [6.07, 6.45) is 0. The standard InChI is InChI=1S/C11H7N3O/c12-14-13-11(15)10-7-3-5-8-4-1-2-6-9(8)10/h1-7H. The fourth-order valence-electron chi connectivity index (χ4n) is 1.51. The third-order valence-electron chi connectivity index (χ3n) is 2.16. The van der Waals surface area contributed by atoms with Gasteiger partial charge < -0.3 is 0 Å². The van der Waals surface area contributed by atoms with Gasteiger partial charge in [0.25, 0.3) is 0 Å². The zero-order valence-corrected chi connectivity index (χ0v) is 7.79. The summed E-state index contributed by atoms with van der Waals surface area (Å²) < 4.78 is 0. The Balaban J connectivity index is 2.71. The minimum atomic E-state index is -0.547. The van der Waals surface area contributed by atoms with Crippen LogP contribution in [0.25, 0.3) is 21.2 Å². The molecule has 2 aromatic carbocycles. The Morgan fingerprint density at radius 3 is 2.67 bits per heavy atom. The van der Waals surface area contributed by atoms with Crippen molar-refractivity contribution in [2.75, 3.05) is 0 Å². The lowest BCUT2D eigenvalue weighted by Gasteiger charge is -2.01. The van der Waals surface area contributed by atoms with Gasteiger partial charge in [0.15, 0.2) is 0 Å². The van der Waals surface area contributed by atoms with Gasteiger partial charge in [-0.1, -0.05) is 42.5 Å². The number of fused-ring (bicyclic) bond motifs is 1. The summed E-state index contributed by atoms with van der Waals surface area (Å²) in [4.78, 5) is 13.9. The number of benzene rings is 2. The second kappa shape index (κ2) is 3.82. The molecule has 0 aliphatic rings. The van der Waals surface area contributed by atoms with Crippen molar-refractivity contribution in [1.29, 1.82) is 0 Å². The fraction of sp³-hybridized carbons (Fsp3) is 0. The van der Waals surface area contributed by atoms with E-state index in [2.05, 4.69) is 10.0 Å². The molecule has 0 aromatic heterocycles. The molecular formula is C11H7N3O. The lowest BCUT2D eigenvalue weighted by molar-refractivity contribution is 0.100. The first-order valence-electron chi connectivity index (χ1n) is 4.40. The van der Waals surface area contributed by atoms with Crippen molar-refractivity contribution in [2.45, 2.75) is 0 Å². The van der Waals surface area contributed by atoms with Crippen molar-refractivity contribution < 1.29 is 4.79 Å². The molecule has 4 nitrogen and oxygen atoms in total. The Hall–Kier alpha value is -2.32. The summed E-state index contributed by atoms with van der Waals surface area (Å²) >= 11 is 0. The van der Waals surface area contributed by atoms with E-state index in [1.54, 1.807) is 12.1 Å². The van der Waals surface area contributed by atoms with Gasteiger partial charge in [-0.05, 0) is 21.4 Å². The Labute approximate surface area is 85.8 Å². The molecule has 72 valence electrons. The lowest BCUT2D eigenvalue weighted by atomic mass is 10.0. The molecule has 15 heavy (non-hydrogen) atoms. The topological polar surface area (TPSA) is 65.8 Å². The van der Waals surface area contributed by atoms with E-state index in [-0.39, 0.29) is 0 Å². The van der Waals surface area contributed by atoms with E-state index in [0.29, 0.717) is 5.56 Å². The Bertz CT molecular complexity index is 566. The summed E-state index contributed by atoms with van der Waals surface area (Å²) in [6, 6.07) is 12.8. The number of rotatable bonds is 1. The van der Waals surface area contributed by atoms with Gasteiger partial charge in [-0.3, -0.25) is 4.79 Å². The van der Waals surface area contributed by atoms with Crippen molar-refractivity contribution in [3.63, 3.8) is 0 Å². The molecule has 0 aliphatic heterocycles. The highest BCUT2D eigenvalue weighted by molar-refractivity contribution is 6.07. The van der Waals surface area contributed by atoms with Crippen LogP contribution in [0.2, 0.25) is 0 Å². The summed E-state index contributed by atoms with van der Waals surface area (Å²) in [5.74, 6) is -0.547. The zero-order valence-electron chi connectivity index (χ0n) is 7.79. The van der Waals surface area contributed by atoms with E-state index in [9.17, 15) is 4.79 Å². The first kappa shape index (κ1) is 9.24. The largest absolute Gasteiger partial charge is 0.287 e. The smallest absolute Gasteiger partial charge is 0.249 e. The summed E-state index contributed by atoms with van der Waals surface area (Å²) in [5, 5.41) is 4.84. The van der Waals surface area contributed by atoms with Crippen molar-refractivity contribution in [3.05, 3.63) is 58.5 Å². The highest BCUT2D eigenvalue weighted by Crippen LogP contribution is 2.19. The summed E-state index contributed by atoms with van der Waals surface area (Å²) in [6.45, 7) is 0. The molecule has 0 bridgehead atoms. The molecule has 0 aliphatic carbocycles. The van der Waals surface area contributed by atoms with Crippen molar-refractivity contribution in [3.8, 4) is 0 Å². The molecule has 0 radical (unpaired) electrons. The second-order valence-electron chi connectivity index (χ2n) is 3.02. The third-order valence-corrected chi connectivity index (χ3v) is 2.16. The quantitative estimate of drug-likeness (QED) is 0.393. The fourth-order valence-corrected chi connectivity index (χ4v) is 1.51. The monoisotopic (exact) mass is 197 g/mol. The van der Waals surface area contributed by atoms with E-state index >= 15 is 0 Å². The molecule has 0 saturated carbocycles. The molecule has 0 fully saturated rings. The first-order valence-corrected chi connectivity index (χ1v) is 4.40. The predicted molar refractivity (Wildman–Crippen MR) is 57.4 cm³/mol. The number of hydrogen-bond donors (Lipinski definition) is 0. The minimum Gasteiger partial charge on any atom is -0.287 e. The molecular weight excluding hydrogens is 190 g/mol. The van der Waals surface area contributed by atoms with Crippen LogP contribution >= 0.6 is 0 Å². The molecule has 0 saturated heterocycles. The summed E-state index contributed by atoms with van der Waals surface area (Å²) in [7, 11) is 0. The molecule has 0 heterocycles. The highest BCUT2D eigenvalue weighted by Gasteiger charge is 2.06. The molecule has 2 aromatic rings. The summed E-state index contributed by atoms with van der Waals surface area (Å²) in [5.41, 5.74) is 8.64. The van der Waals surface area contributed by atoms with E-state index < -0.39 is 5.91 Å². The van der Waals surface area contributed by atoms with Crippen molar-refractivity contribution in [1.82, 2.24) is 0 Å². The van der Waals surface area contributed by atoms with Crippen LogP contribution < -0.4 is 0 Å². The number of nitrogens with zero attached hydrogens (tertiary/aromatic N) is 3. The van der Waals surface area contributed by atoms with Crippen LogP contribution in [0.4, 0.5) is 0 Å². The Kier molecular flexibility index (Phi) is 2.35. The van der Waals surface area contributed by atoms with Crippen LogP contribution in [-0.4, -0.2) is 5.91 Å². The average Bonchev–Trinajstić information content (AvgIpc) is 2.28. The normalized spacial score (nSPS) is 9.60. The molecule has 2 rings (SSSR count). The van der Waals surface area contributed by atoms with Gasteiger partial charge >= 0.3 is 0 Å². The van der Waals surface area contributed by atoms with Gasteiger partial charge in [-0.25, -0.2) is 0 Å². The Morgan fingerprint density at radius 2 is 1.87 bits per heavy atom. The zero-order chi connectivity index (χ0) is 10.7. The van der Waals surface area contributed by atoms with Crippen LogP contribution in [0.5, 0.6) is 0 Å². The molecule has 4 heteroatoms. The lowest BCUT2D eigenvalue weighted by Crippen LogP contribution is -1.94. The van der Waals surface area contributed by atoms with Gasteiger partial charge in [-0.2, -0.15) is 0 Å². The maximum Gasteiger partial charge on any atom is 0.249 e. The van der Waals surface area contributed by atoms with Gasteiger partial charge in [0.2, 0.25) is 5.91 Å². The van der Waals surface area contributed by atoms with Gasteiger partial charge in [0, 0.05) is 10.5 Å². The van der Waals surface area contributed by atoms with Gasteiger partial charge in [0.05, 0.1) is 0 Å². The highest BCUT2D eigenvalue weighted by atomic mass is 16.1. The van der Waals surface area contributed by atoms with Crippen LogP contribution in [0.1, 0.15) is 10.4 Å². The van der Waals surface area contributed by atoms with Crippen LogP contribution in [0.3, 0.4) is 0 Å². The van der Waals surface area contributed by atoms with Gasteiger partial charge in [0.1, 0.15) is 0 Å². The van der Waals surface area contributed by atoms with Crippen molar-refractivity contribution >= 4 is 16.7 Å². The first-order chi connectivity index (χ1) is 7.33. The molecule has 1 amide bonds. The van der Waals surface area contributed by atoms with E-state index in [4.69, 9.17) is 5.53 Å². The maximum atomic E-state index is 11.4. The van der Waals surface area contributed by atoms with Crippen LogP contribution in [-0.2, 0) is 0 Å². The number of carbonyl (C=O) groups excluding carboxylic acids is 1. The third kappa shape index (κ3) is 1.66. The second-order valence-corrected chi connectivity index (χ2v) is 3.02. The van der Waals surface area contributed by atoms with E-state index in [1.807, 2.05) is 30.3 Å². The molecule has 0 N–H and O–H groups in total. The van der Waals surface area contributed by atoms with Crippen LogP contribution in [0.15, 0.2) is 47.6 Å². The predicted octanol–water partition coefficient (Wildman–Crippen LogP) is 3.29. The average molecular weight is 197 g/mol. The minimum absolute atomic E-state index is 0.436. The van der Waals surface area contributed by atoms with Crippen molar-refractivity contribution in [2.24, 2.45) is 5.11 Å². The van der Waals surface area contributed by atoms with Crippen LogP contribution in [0, 0.1) is 0 Å². The van der Waals surface area contributed by atoms with E-state index in [0.717, 1.165) is 10.8 Å². The number of carbonyl (C=O) groups is 1. The number of azide groups is 1. The van der Waals surface area contributed by atoms with E-state index in [1.165, 1.54) is 0 Å². The number of hydrogen-bond acceptors (Lipinski definition) is 1. The molecule has 0 unspecified atom stereocenters. The maximum absolute atomic E-state index is 11.4. The van der Waals surface area contributed by atoms with Gasteiger partial charge in [-0.15, -0.1) is 0 Å². The SMILES string of the molecule is [N-]=[N+]=NC(=O)c1cccc2ccccc12. The Morgan fingerprint density at radius 1 is 1.13 bits per heavy atom. The number of amides is 1. The molecule has 0 atom stereocenters.